The number of rotatable bonds is 5. The summed E-state index contributed by atoms with van der Waals surface area (Å²) in [5, 5.41) is 0.0341. The van der Waals surface area contributed by atoms with Gasteiger partial charge < -0.3 is 9.31 Å². The molecule has 1 aliphatic heterocycles. The van der Waals surface area contributed by atoms with Crippen LogP contribution < -0.4 is 0 Å². The number of nitrogens with zero attached hydrogens (tertiary/aromatic N) is 1. The molecule has 1 aromatic heterocycles. The van der Waals surface area contributed by atoms with E-state index < -0.39 is 18.3 Å². The topological polar surface area (TPSA) is 65.5 Å². The maximum absolute atomic E-state index is 11.4. The summed E-state index contributed by atoms with van der Waals surface area (Å²) >= 11 is 1.21. The quantitative estimate of drug-likeness (QED) is 0.602. The fourth-order valence-corrected chi connectivity index (χ4v) is 2.73. The number of aromatic nitrogens is 1. The number of carbonyl (C=O) groups excluding carboxylic acids is 2. The second-order valence-electron chi connectivity index (χ2n) is 6.72. The van der Waals surface area contributed by atoms with Gasteiger partial charge in [0.25, 0.3) is 0 Å². The van der Waals surface area contributed by atoms with Gasteiger partial charge in [-0.05, 0) is 44.8 Å². The molecule has 24 heavy (non-hydrogen) atoms. The Morgan fingerprint density at radius 1 is 1.25 bits per heavy atom. The zero-order valence-electron chi connectivity index (χ0n) is 14.7. The summed E-state index contributed by atoms with van der Waals surface area (Å²) in [5.74, 6) is 0.474. The second kappa shape index (κ2) is 7.21. The van der Waals surface area contributed by atoms with Crippen molar-refractivity contribution in [3.05, 3.63) is 35.1 Å². The molecule has 128 valence electrons. The summed E-state index contributed by atoms with van der Waals surface area (Å²) in [6.07, 6.45) is 4.22. The molecule has 0 amide bonds. The van der Waals surface area contributed by atoms with Gasteiger partial charge in [0, 0.05) is 18.9 Å². The molecule has 0 aromatic carbocycles. The molecule has 0 atom stereocenters. The van der Waals surface area contributed by atoms with Crippen molar-refractivity contribution in [1.82, 2.24) is 4.98 Å². The van der Waals surface area contributed by atoms with Gasteiger partial charge in [-0.2, -0.15) is 0 Å². The van der Waals surface area contributed by atoms with Crippen LogP contribution in [0.1, 0.15) is 50.7 Å². The van der Waals surface area contributed by atoms with Crippen LogP contribution in [-0.4, -0.2) is 40.5 Å². The van der Waals surface area contributed by atoms with E-state index in [0.717, 1.165) is 11.0 Å². The Bertz CT molecular complexity index is 639. The molecule has 5 nitrogen and oxygen atoms in total. The molecule has 0 unspecified atom stereocenters. The first kappa shape index (κ1) is 18.9. The first-order valence-electron chi connectivity index (χ1n) is 7.75. The fraction of sp³-hybridized carbons (Fsp3) is 0.471. The Morgan fingerprint density at radius 3 is 2.33 bits per heavy atom. The van der Waals surface area contributed by atoms with Crippen LogP contribution in [0, 0.1) is 0 Å². The van der Waals surface area contributed by atoms with Gasteiger partial charge >= 0.3 is 7.12 Å². The van der Waals surface area contributed by atoms with Crippen LogP contribution in [0.15, 0.2) is 23.8 Å². The SMILES string of the molecule is CC(=O)SCC(=Cc1ccc(C=O)nc1)B1OC(C)(C)C(C)(C)O1. The van der Waals surface area contributed by atoms with Gasteiger partial charge in [-0.15, -0.1) is 0 Å². The van der Waals surface area contributed by atoms with Crippen LogP contribution >= 0.6 is 11.8 Å². The van der Waals surface area contributed by atoms with Crippen molar-refractivity contribution < 1.29 is 18.9 Å². The van der Waals surface area contributed by atoms with Crippen LogP contribution in [-0.2, 0) is 14.1 Å². The van der Waals surface area contributed by atoms with Crippen LogP contribution in [0.5, 0.6) is 0 Å². The van der Waals surface area contributed by atoms with E-state index in [1.807, 2.05) is 33.8 Å². The van der Waals surface area contributed by atoms with Gasteiger partial charge in [0.15, 0.2) is 11.4 Å². The Hall–Kier alpha value is -1.44. The lowest BCUT2D eigenvalue weighted by molar-refractivity contribution is -0.109. The summed E-state index contributed by atoms with van der Waals surface area (Å²) in [6, 6.07) is 3.46. The Labute approximate surface area is 147 Å². The summed E-state index contributed by atoms with van der Waals surface area (Å²) in [7, 11) is -0.521. The predicted molar refractivity (Wildman–Crippen MR) is 96.8 cm³/mol. The highest BCUT2D eigenvalue weighted by Gasteiger charge is 2.52. The van der Waals surface area contributed by atoms with Crippen LogP contribution in [0.4, 0.5) is 0 Å². The normalized spacial score (nSPS) is 19.4. The van der Waals surface area contributed by atoms with Crippen molar-refractivity contribution in [3.8, 4) is 0 Å². The van der Waals surface area contributed by atoms with E-state index in [2.05, 4.69) is 4.98 Å². The van der Waals surface area contributed by atoms with Crippen molar-refractivity contribution in [2.24, 2.45) is 0 Å². The van der Waals surface area contributed by atoms with Gasteiger partial charge in [0.1, 0.15) is 5.69 Å². The van der Waals surface area contributed by atoms with Gasteiger partial charge in [0.2, 0.25) is 0 Å². The van der Waals surface area contributed by atoms with Crippen LogP contribution in [0.2, 0.25) is 0 Å². The summed E-state index contributed by atoms with van der Waals surface area (Å²) < 4.78 is 12.2. The van der Waals surface area contributed by atoms with Crippen molar-refractivity contribution in [3.63, 3.8) is 0 Å². The molecule has 0 bridgehead atoms. The predicted octanol–water partition coefficient (Wildman–Crippen LogP) is 3.19. The van der Waals surface area contributed by atoms with E-state index in [0.29, 0.717) is 17.7 Å². The van der Waals surface area contributed by atoms with Gasteiger partial charge in [-0.3, -0.25) is 14.6 Å². The zero-order valence-corrected chi connectivity index (χ0v) is 15.5. The molecule has 0 saturated carbocycles. The minimum atomic E-state index is -0.521. The molecule has 0 spiro atoms. The number of aldehydes is 1. The third-order valence-corrected chi connectivity index (χ3v) is 5.16. The molecular weight excluding hydrogens is 325 g/mol. The molecule has 1 aliphatic rings. The molecular formula is C17H22BNO4S. The van der Waals surface area contributed by atoms with Crippen LogP contribution in [0.25, 0.3) is 6.08 Å². The minimum Gasteiger partial charge on any atom is -0.400 e. The van der Waals surface area contributed by atoms with Crippen LogP contribution in [0.3, 0.4) is 0 Å². The third kappa shape index (κ3) is 4.34. The number of carbonyl (C=O) groups is 2. The molecule has 1 aromatic rings. The van der Waals surface area contributed by atoms with Gasteiger partial charge in [-0.25, -0.2) is 0 Å². The zero-order chi connectivity index (χ0) is 18.0. The Kier molecular flexibility index (Phi) is 5.68. The standard InChI is InChI=1S/C17H22BNO4S/c1-12(21)24-11-14(8-13-6-7-15(10-20)19-9-13)18-22-16(2,3)17(4,5)23-18/h6-10H,11H2,1-5H3. The molecule has 0 aliphatic carbocycles. The van der Waals surface area contributed by atoms with E-state index in [-0.39, 0.29) is 5.12 Å². The van der Waals surface area contributed by atoms with Gasteiger partial charge in [0.05, 0.1) is 11.2 Å². The molecule has 1 fully saturated rings. The highest BCUT2D eigenvalue weighted by Crippen LogP contribution is 2.39. The molecule has 2 heterocycles. The van der Waals surface area contributed by atoms with E-state index in [9.17, 15) is 9.59 Å². The first-order valence-corrected chi connectivity index (χ1v) is 8.74. The average Bonchev–Trinajstić information content (AvgIpc) is 2.72. The van der Waals surface area contributed by atoms with Crippen molar-refractivity contribution in [1.29, 1.82) is 0 Å². The maximum Gasteiger partial charge on any atom is 0.491 e. The summed E-state index contributed by atoms with van der Waals surface area (Å²) in [4.78, 5) is 26.1. The molecule has 2 rings (SSSR count). The fourth-order valence-electron chi connectivity index (χ4n) is 2.14. The monoisotopic (exact) mass is 347 g/mol. The molecule has 1 saturated heterocycles. The Balaban J connectivity index is 2.29. The van der Waals surface area contributed by atoms with Crippen molar-refractivity contribution in [2.45, 2.75) is 45.8 Å². The largest absolute Gasteiger partial charge is 0.491 e. The van der Waals surface area contributed by atoms with Crippen molar-refractivity contribution in [2.75, 3.05) is 5.75 Å². The lowest BCUT2D eigenvalue weighted by Gasteiger charge is -2.32. The molecule has 0 radical (unpaired) electrons. The number of pyridine rings is 1. The number of hydrogen-bond acceptors (Lipinski definition) is 6. The lowest BCUT2D eigenvalue weighted by Crippen LogP contribution is -2.41. The smallest absolute Gasteiger partial charge is 0.400 e. The number of thioether (sulfide) groups is 1. The molecule has 0 N–H and O–H groups in total. The summed E-state index contributed by atoms with van der Waals surface area (Å²) in [5.41, 5.74) is 1.17. The van der Waals surface area contributed by atoms with Gasteiger partial charge in [-0.1, -0.05) is 23.9 Å². The first-order chi connectivity index (χ1) is 11.1. The van der Waals surface area contributed by atoms with E-state index in [1.165, 1.54) is 18.7 Å². The van der Waals surface area contributed by atoms with Crippen molar-refractivity contribution >= 4 is 36.4 Å². The highest BCUT2D eigenvalue weighted by atomic mass is 32.2. The maximum atomic E-state index is 11.4. The Morgan fingerprint density at radius 2 is 1.88 bits per heavy atom. The summed E-state index contributed by atoms with van der Waals surface area (Å²) in [6.45, 7) is 9.49. The highest BCUT2D eigenvalue weighted by molar-refractivity contribution is 8.13. The molecule has 7 heteroatoms. The third-order valence-electron chi connectivity index (χ3n) is 4.28. The number of hydrogen-bond donors (Lipinski definition) is 0. The average molecular weight is 347 g/mol. The minimum absolute atomic E-state index is 0.0341. The van der Waals surface area contributed by atoms with E-state index >= 15 is 0 Å². The van der Waals surface area contributed by atoms with E-state index in [4.69, 9.17) is 9.31 Å². The van der Waals surface area contributed by atoms with E-state index in [1.54, 1.807) is 18.3 Å². The second-order valence-corrected chi connectivity index (χ2v) is 7.87. The lowest BCUT2D eigenvalue weighted by atomic mass is 9.78.